The van der Waals surface area contributed by atoms with Crippen molar-refractivity contribution in [2.75, 3.05) is 0 Å². The fourth-order valence-corrected chi connectivity index (χ4v) is 1.27. The molecule has 1 amide bonds. The van der Waals surface area contributed by atoms with Gasteiger partial charge in [-0.1, -0.05) is 0 Å². The Morgan fingerprint density at radius 2 is 2.23 bits per heavy atom. The molecule has 70 valence electrons. The summed E-state index contributed by atoms with van der Waals surface area (Å²) in [6.07, 6.45) is -1.52. The lowest BCUT2D eigenvalue weighted by Crippen LogP contribution is -2.15. The van der Waals surface area contributed by atoms with Crippen molar-refractivity contribution < 1.29 is 13.6 Å². The standard InChI is InChI=1S/C7H5F2IN2O/c8-6(9)5-4(7(11)13)1-3(10)2-12-5/h1-2,6H,(H2,11,13). The molecule has 0 unspecified atom stereocenters. The number of alkyl halides is 2. The van der Waals surface area contributed by atoms with Crippen LogP contribution in [0.1, 0.15) is 22.5 Å². The van der Waals surface area contributed by atoms with E-state index in [9.17, 15) is 13.6 Å². The smallest absolute Gasteiger partial charge is 0.281 e. The molecule has 0 fully saturated rings. The van der Waals surface area contributed by atoms with Crippen LogP contribution in [0.25, 0.3) is 0 Å². The Labute approximate surface area is 86.5 Å². The van der Waals surface area contributed by atoms with E-state index in [4.69, 9.17) is 5.73 Å². The van der Waals surface area contributed by atoms with Gasteiger partial charge in [-0.05, 0) is 28.7 Å². The number of halogens is 3. The van der Waals surface area contributed by atoms with Crippen LogP contribution in [0.3, 0.4) is 0 Å². The van der Waals surface area contributed by atoms with E-state index in [-0.39, 0.29) is 5.56 Å². The number of pyridine rings is 1. The summed E-state index contributed by atoms with van der Waals surface area (Å²) in [6.45, 7) is 0. The number of aromatic nitrogens is 1. The van der Waals surface area contributed by atoms with Gasteiger partial charge in [-0.15, -0.1) is 0 Å². The molecule has 3 nitrogen and oxygen atoms in total. The molecular weight excluding hydrogens is 293 g/mol. The third-order valence-electron chi connectivity index (χ3n) is 1.36. The molecule has 0 spiro atoms. The molecule has 0 radical (unpaired) electrons. The molecule has 13 heavy (non-hydrogen) atoms. The summed E-state index contributed by atoms with van der Waals surface area (Å²) in [5.41, 5.74) is 4.12. The van der Waals surface area contributed by atoms with Crippen molar-refractivity contribution in [1.82, 2.24) is 4.98 Å². The van der Waals surface area contributed by atoms with Gasteiger partial charge in [0.25, 0.3) is 12.3 Å². The predicted molar refractivity (Wildman–Crippen MR) is 50.4 cm³/mol. The first-order chi connectivity index (χ1) is 6.02. The number of nitrogens with zero attached hydrogens (tertiary/aromatic N) is 1. The number of hydrogen-bond donors (Lipinski definition) is 1. The van der Waals surface area contributed by atoms with Gasteiger partial charge >= 0.3 is 0 Å². The number of nitrogens with two attached hydrogens (primary N) is 1. The van der Waals surface area contributed by atoms with E-state index in [1.807, 2.05) is 22.6 Å². The normalized spacial score (nSPS) is 10.5. The zero-order chi connectivity index (χ0) is 10.0. The predicted octanol–water partition coefficient (Wildman–Crippen LogP) is 1.72. The Bertz CT molecular complexity index is 343. The first-order valence-electron chi connectivity index (χ1n) is 3.25. The van der Waals surface area contributed by atoms with E-state index in [2.05, 4.69) is 4.98 Å². The zero-order valence-corrected chi connectivity index (χ0v) is 8.46. The van der Waals surface area contributed by atoms with Crippen LogP contribution in [0, 0.1) is 3.57 Å². The average molecular weight is 298 g/mol. The van der Waals surface area contributed by atoms with E-state index in [1.54, 1.807) is 0 Å². The second-order valence-electron chi connectivity index (χ2n) is 2.25. The molecule has 0 saturated heterocycles. The lowest BCUT2D eigenvalue weighted by molar-refractivity contribution is 0.0983. The summed E-state index contributed by atoms with van der Waals surface area (Å²) < 4.78 is 25.1. The van der Waals surface area contributed by atoms with Crippen LogP contribution in [0.4, 0.5) is 8.78 Å². The molecule has 0 saturated carbocycles. The largest absolute Gasteiger partial charge is 0.366 e. The van der Waals surface area contributed by atoms with Gasteiger partial charge in [0.15, 0.2) is 0 Å². The minimum absolute atomic E-state index is 0.220. The van der Waals surface area contributed by atoms with Gasteiger partial charge in [0, 0.05) is 9.77 Å². The fraction of sp³-hybridized carbons (Fsp3) is 0.143. The van der Waals surface area contributed by atoms with Crippen molar-refractivity contribution in [2.24, 2.45) is 5.73 Å². The minimum atomic E-state index is -2.78. The van der Waals surface area contributed by atoms with Gasteiger partial charge in [-0.3, -0.25) is 9.78 Å². The Morgan fingerprint density at radius 1 is 1.62 bits per heavy atom. The van der Waals surface area contributed by atoms with Crippen LogP contribution in [0.2, 0.25) is 0 Å². The molecule has 1 rings (SSSR count). The number of primary amides is 1. The van der Waals surface area contributed by atoms with Crippen molar-refractivity contribution in [3.05, 3.63) is 27.1 Å². The van der Waals surface area contributed by atoms with Gasteiger partial charge in [-0.25, -0.2) is 8.78 Å². The molecule has 0 bridgehead atoms. The van der Waals surface area contributed by atoms with Crippen molar-refractivity contribution >= 4 is 28.5 Å². The van der Waals surface area contributed by atoms with E-state index in [1.165, 1.54) is 12.3 Å². The summed E-state index contributed by atoms with van der Waals surface area (Å²) in [5, 5.41) is 0. The molecule has 0 aromatic carbocycles. The Hall–Kier alpha value is -0.790. The number of carbonyl (C=O) groups is 1. The van der Waals surface area contributed by atoms with Crippen molar-refractivity contribution in [2.45, 2.75) is 6.43 Å². The zero-order valence-electron chi connectivity index (χ0n) is 6.30. The van der Waals surface area contributed by atoms with Crippen molar-refractivity contribution in [3.8, 4) is 0 Å². The van der Waals surface area contributed by atoms with Crippen molar-refractivity contribution in [1.29, 1.82) is 0 Å². The van der Waals surface area contributed by atoms with E-state index in [0.717, 1.165) is 0 Å². The molecule has 1 aromatic rings. The number of hydrogen-bond acceptors (Lipinski definition) is 2. The third-order valence-corrected chi connectivity index (χ3v) is 1.95. The highest BCUT2D eigenvalue weighted by atomic mass is 127. The summed E-state index contributed by atoms with van der Waals surface area (Å²) >= 11 is 1.86. The average Bonchev–Trinajstić information content (AvgIpc) is 2.03. The second kappa shape index (κ2) is 3.95. The molecule has 6 heteroatoms. The monoisotopic (exact) mass is 298 g/mol. The number of carbonyl (C=O) groups excluding carboxylic acids is 1. The Kier molecular flexibility index (Phi) is 3.12. The van der Waals surface area contributed by atoms with Crippen LogP contribution in [0.15, 0.2) is 12.3 Å². The topological polar surface area (TPSA) is 56.0 Å². The molecule has 1 heterocycles. The lowest BCUT2D eigenvalue weighted by atomic mass is 10.2. The first-order valence-corrected chi connectivity index (χ1v) is 4.33. The van der Waals surface area contributed by atoms with E-state index < -0.39 is 18.0 Å². The molecule has 0 aliphatic carbocycles. The molecule has 0 aliphatic heterocycles. The molecular formula is C7H5F2IN2O. The van der Waals surface area contributed by atoms with Gasteiger partial charge < -0.3 is 5.73 Å². The van der Waals surface area contributed by atoms with Crippen molar-refractivity contribution in [3.63, 3.8) is 0 Å². The maximum Gasteiger partial charge on any atom is 0.281 e. The maximum absolute atomic E-state index is 12.2. The fourth-order valence-electron chi connectivity index (χ4n) is 0.821. The second-order valence-corrected chi connectivity index (χ2v) is 3.50. The van der Waals surface area contributed by atoms with Crippen LogP contribution in [-0.2, 0) is 0 Å². The number of rotatable bonds is 2. The number of amides is 1. The molecule has 2 N–H and O–H groups in total. The quantitative estimate of drug-likeness (QED) is 0.845. The van der Waals surface area contributed by atoms with Gasteiger partial charge in [0.1, 0.15) is 5.69 Å². The van der Waals surface area contributed by atoms with Crippen LogP contribution < -0.4 is 5.73 Å². The summed E-state index contributed by atoms with van der Waals surface area (Å²) in [7, 11) is 0. The summed E-state index contributed by atoms with van der Waals surface area (Å²) in [5.74, 6) is -0.888. The Morgan fingerprint density at radius 3 is 2.69 bits per heavy atom. The third kappa shape index (κ3) is 2.33. The molecule has 0 aliphatic rings. The minimum Gasteiger partial charge on any atom is -0.366 e. The van der Waals surface area contributed by atoms with Gasteiger partial charge in [0.05, 0.1) is 5.56 Å². The molecule has 0 atom stereocenters. The van der Waals surface area contributed by atoms with Gasteiger partial charge in [0.2, 0.25) is 0 Å². The van der Waals surface area contributed by atoms with E-state index in [0.29, 0.717) is 3.57 Å². The molecule has 1 aromatic heterocycles. The maximum atomic E-state index is 12.2. The Balaban J connectivity index is 3.27. The summed E-state index contributed by atoms with van der Waals surface area (Å²) in [6, 6.07) is 1.29. The SMILES string of the molecule is NC(=O)c1cc(I)cnc1C(F)F. The van der Waals surface area contributed by atoms with Crippen LogP contribution in [-0.4, -0.2) is 10.9 Å². The lowest BCUT2D eigenvalue weighted by Gasteiger charge is -2.04. The highest BCUT2D eigenvalue weighted by Gasteiger charge is 2.18. The first kappa shape index (κ1) is 10.3. The van der Waals surface area contributed by atoms with Crippen LogP contribution >= 0.6 is 22.6 Å². The van der Waals surface area contributed by atoms with Gasteiger partial charge in [-0.2, -0.15) is 0 Å². The van der Waals surface area contributed by atoms with E-state index >= 15 is 0 Å². The highest BCUT2D eigenvalue weighted by Crippen LogP contribution is 2.21. The highest BCUT2D eigenvalue weighted by molar-refractivity contribution is 14.1. The van der Waals surface area contributed by atoms with Crippen LogP contribution in [0.5, 0.6) is 0 Å². The summed E-state index contributed by atoms with van der Waals surface area (Å²) in [4.78, 5) is 14.2.